The van der Waals surface area contributed by atoms with Crippen LogP contribution in [0.15, 0.2) is 58.8 Å². The molecule has 0 spiro atoms. The predicted molar refractivity (Wildman–Crippen MR) is 116 cm³/mol. The van der Waals surface area contributed by atoms with Crippen LogP contribution in [0.2, 0.25) is 0 Å². The minimum absolute atomic E-state index is 0.00164. The van der Waals surface area contributed by atoms with Crippen molar-refractivity contribution >= 4 is 28.4 Å². The van der Waals surface area contributed by atoms with E-state index >= 15 is 0 Å². The van der Waals surface area contributed by atoms with Gasteiger partial charge in [-0.05, 0) is 37.1 Å². The van der Waals surface area contributed by atoms with Crippen LogP contribution < -0.4 is 5.32 Å². The molecule has 3 aromatic rings. The van der Waals surface area contributed by atoms with E-state index in [1.807, 2.05) is 31.2 Å². The van der Waals surface area contributed by atoms with Crippen molar-refractivity contribution in [2.45, 2.75) is 33.7 Å². The van der Waals surface area contributed by atoms with Gasteiger partial charge in [-0.3, -0.25) is 9.59 Å². The molecule has 0 aliphatic carbocycles. The molecule has 0 atom stereocenters. The Kier molecular flexibility index (Phi) is 6.61. The summed E-state index contributed by atoms with van der Waals surface area (Å²) in [5.41, 5.74) is 2.69. The third kappa shape index (κ3) is 4.92. The summed E-state index contributed by atoms with van der Waals surface area (Å²) in [4.78, 5) is 24.1. The molecule has 1 heterocycles. The van der Waals surface area contributed by atoms with Crippen LogP contribution in [0.4, 0.5) is 5.69 Å². The van der Waals surface area contributed by atoms with E-state index in [9.17, 15) is 14.7 Å². The monoisotopic (exact) mass is 406 g/mol. The number of aryl methyl sites for hydroxylation is 1. The molecule has 0 fully saturated rings. The molecular weight excluding hydrogens is 380 g/mol. The normalized spacial score (nSPS) is 11.5. The molecule has 0 unspecified atom stereocenters. The molecule has 0 bridgehead atoms. The van der Waals surface area contributed by atoms with Crippen LogP contribution in [0.25, 0.3) is 10.9 Å². The summed E-state index contributed by atoms with van der Waals surface area (Å²) in [6.07, 6.45) is 0.0203. The van der Waals surface area contributed by atoms with Crippen molar-refractivity contribution in [2.75, 3.05) is 6.54 Å². The van der Waals surface area contributed by atoms with Gasteiger partial charge in [0.2, 0.25) is 5.88 Å². The topological polar surface area (TPSA) is 96.1 Å². The number of azo groups is 1. The SMILES string of the molecule is Cc1ccc2c(c1)c(N=NC(=O)CCNC(=O)c1ccccc1)c(O)n2CC(C)C. The van der Waals surface area contributed by atoms with Crippen molar-refractivity contribution in [1.29, 1.82) is 0 Å². The summed E-state index contributed by atoms with van der Waals surface area (Å²) in [6.45, 7) is 6.87. The number of carbonyl (C=O) groups excluding carboxylic acids is 2. The number of amides is 2. The Labute approximate surface area is 175 Å². The van der Waals surface area contributed by atoms with Crippen molar-refractivity contribution < 1.29 is 14.7 Å². The van der Waals surface area contributed by atoms with E-state index in [-0.39, 0.29) is 30.4 Å². The molecule has 156 valence electrons. The van der Waals surface area contributed by atoms with Gasteiger partial charge in [0.25, 0.3) is 11.8 Å². The lowest BCUT2D eigenvalue weighted by Gasteiger charge is -2.09. The van der Waals surface area contributed by atoms with Gasteiger partial charge < -0.3 is 15.0 Å². The number of fused-ring (bicyclic) bond motifs is 1. The van der Waals surface area contributed by atoms with Gasteiger partial charge in [-0.1, -0.05) is 43.7 Å². The number of aromatic hydroxyl groups is 1. The van der Waals surface area contributed by atoms with Gasteiger partial charge in [0.1, 0.15) is 0 Å². The Morgan fingerprint density at radius 3 is 2.57 bits per heavy atom. The van der Waals surface area contributed by atoms with Gasteiger partial charge in [-0.15, -0.1) is 10.2 Å². The van der Waals surface area contributed by atoms with Gasteiger partial charge >= 0.3 is 0 Å². The van der Waals surface area contributed by atoms with E-state index in [0.717, 1.165) is 16.5 Å². The van der Waals surface area contributed by atoms with E-state index in [4.69, 9.17) is 0 Å². The van der Waals surface area contributed by atoms with Crippen molar-refractivity contribution in [2.24, 2.45) is 16.1 Å². The zero-order chi connectivity index (χ0) is 21.7. The number of hydrogen-bond donors (Lipinski definition) is 2. The number of aromatic nitrogens is 1. The maximum Gasteiger partial charge on any atom is 0.266 e. The molecule has 0 saturated heterocycles. The number of nitrogens with one attached hydrogen (secondary N) is 1. The first kappa shape index (κ1) is 21.2. The van der Waals surface area contributed by atoms with Crippen LogP contribution in [0.1, 0.15) is 36.2 Å². The summed E-state index contributed by atoms with van der Waals surface area (Å²) in [6, 6.07) is 14.6. The summed E-state index contributed by atoms with van der Waals surface area (Å²) in [5, 5.41) is 21.9. The Balaban J connectivity index is 1.70. The second-order valence-electron chi connectivity index (χ2n) is 7.66. The van der Waals surface area contributed by atoms with E-state index < -0.39 is 5.91 Å². The molecule has 1 aromatic heterocycles. The minimum Gasteiger partial charge on any atom is -0.493 e. The number of nitrogens with zero attached hydrogens (tertiary/aromatic N) is 3. The molecule has 7 heteroatoms. The van der Waals surface area contributed by atoms with E-state index in [1.165, 1.54) is 0 Å². The van der Waals surface area contributed by atoms with Gasteiger partial charge in [0, 0.05) is 30.5 Å². The number of rotatable bonds is 7. The van der Waals surface area contributed by atoms with Crippen molar-refractivity contribution in [3.05, 3.63) is 59.7 Å². The van der Waals surface area contributed by atoms with Crippen LogP contribution >= 0.6 is 0 Å². The van der Waals surface area contributed by atoms with Crippen molar-refractivity contribution in [3.63, 3.8) is 0 Å². The average Bonchev–Trinajstić information content (AvgIpc) is 2.97. The highest BCUT2D eigenvalue weighted by Gasteiger charge is 2.18. The first-order chi connectivity index (χ1) is 14.4. The molecule has 0 saturated carbocycles. The summed E-state index contributed by atoms with van der Waals surface area (Å²) in [5.74, 6) is -0.393. The minimum atomic E-state index is -0.472. The molecule has 2 N–H and O–H groups in total. The highest BCUT2D eigenvalue weighted by Crippen LogP contribution is 2.39. The summed E-state index contributed by atoms with van der Waals surface area (Å²) >= 11 is 0. The highest BCUT2D eigenvalue weighted by molar-refractivity contribution is 5.96. The molecule has 0 aliphatic rings. The summed E-state index contributed by atoms with van der Waals surface area (Å²) in [7, 11) is 0. The second kappa shape index (κ2) is 9.35. The Bertz CT molecular complexity index is 1080. The van der Waals surface area contributed by atoms with Crippen LogP contribution in [0, 0.1) is 12.8 Å². The quantitative estimate of drug-likeness (QED) is 0.555. The standard InChI is InChI=1S/C23H26N4O3/c1-15(2)14-27-19-10-9-16(3)13-18(19)21(23(27)30)26-25-20(28)11-12-24-22(29)17-7-5-4-6-8-17/h4-10,13,15,30H,11-12,14H2,1-3H3,(H,24,29). The number of carbonyl (C=O) groups is 2. The predicted octanol–water partition coefficient (Wildman–Crippen LogP) is 4.74. The number of hydrogen-bond acceptors (Lipinski definition) is 4. The lowest BCUT2D eigenvalue weighted by atomic mass is 10.1. The van der Waals surface area contributed by atoms with Gasteiger partial charge in [0.15, 0.2) is 5.69 Å². The molecular formula is C23H26N4O3. The lowest BCUT2D eigenvalue weighted by molar-refractivity contribution is -0.118. The van der Waals surface area contributed by atoms with Crippen molar-refractivity contribution in [1.82, 2.24) is 9.88 Å². The van der Waals surface area contributed by atoms with Crippen molar-refractivity contribution in [3.8, 4) is 5.88 Å². The fraction of sp³-hybridized carbons (Fsp3) is 0.304. The lowest BCUT2D eigenvalue weighted by Crippen LogP contribution is -2.25. The molecule has 0 aliphatic heterocycles. The van der Waals surface area contributed by atoms with E-state index in [2.05, 4.69) is 29.4 Å². The molecule has 7 nitrogen and oxygen atoms in total. The van der Waals surface area contributed by atoms with E-state index in [1.54, 1.807) is 28.8 Å². The first-order valence-corrected chi connectivity index (χ1v) is 9.96. The molecule has 2 aromatic carbocycles. The Morgan fingerprint density at radius 1 is 1.13 bits per heavy atom. The molecule has 0 radical (unpaired) electrons. The number of benzene rings is 2. The zero-order valence-corrected chi connectivity index (χ0v) is 17.4. The smallest absolute Gasteiger partial charge is 0.266 e. The third-order valence-electron chi connectivity index (χ3n) is 4.64. The van der Waals surface area contributed by atoms with Gasteiger partial charge in [0.05, 0.1) is 5.52 Å². The largest absolute Gasteiger partial charge is 0.493 e. The average molecular weight is 406 g/mol. The summed E-state index contributed by atoms with van der Waals surface area (Å²) < 4.78 is 1.79. The van der Waals surface area contributed by atoms with Crippen LogP contribution in [0.3, 0.4) is 0 Å². The van der Waals surface area contributed by atoms with E-state index in [0.29, 0.717) is 18.0 Å². The molecule has 3 rings (SSSR count). The fourth-order valence-corrected chi connectivity index (χ4v) is 3.22. The third-order valence-corrected chi connectivity index (χ3v) is 4.64. The van der Waals surface area contributed by atoms with Crippen LogP contribution in [0.5, 0.6) is 5.88 Å². The molecule has 30 heavy (non-hydrogen) atoms. The maximum atomic E-state index is 12.1. The molecule has 2 amide bonds. The maximum absolute atomic E-state index is 12.1. The second-order valence-corrected chi connectivity index (χ2v) is 7.66. The van der Waals surface area contributed by atoms with Gasteiger partial charge in [-0.25, -0.2) is 0 Å². The van der Waals surface area contributed by atoms with Crippen LogP contribution in [-0.4, -0.2) is 28.0 Å². The van der Waals surface area contributed by atoms with Crippen LogP contribution in [-0.2, 0) is 11.3 Å². The Hall–Kier alpha value is -3.48. The van der Waals surface area contributed by atoms with Gasteiger partial charge in [-0.2, -0.15) is 0 Å². The first-order valence-electron chi connectivity index (χ1n) is 9.96. The highest BCUT2D eigenvalue weighted by atomic mass is 16.3. The zero-order valence-electron chi connectivity index (χ0n) is 17.4. The fourth-order valence-electron chi connectivity index (χ4n) is 3.22. The Morgan fingerprint density at radius 2 is 1.87 bits per heavy atom.